The third kappa shape index (κ3) is 5.19. The topological polar surface area (TPSA) is 110 Å². The summed E-state index contributed by atoms with van der Waals surface area (Å²) in [4.78, 5) is 15.9. The molecule has 1 atom stereocenters. The third-order valence-corrected chi connectivity index (χ3v) is 3.44. The lowest BCUT2D eigenvalue weighted by atomic mass is 10.2. The molecule has 26 heavy (non-hydrogen) atoms. The van der Waals surface area contributed by atoms with Gasteiger partial charge in [-0.25, -0.2) is 4.98 Å². The van der Waals surface area contributed by atoms with E-state index < -0.39 is 6.04 Å². The van der Waals surface area contributed by atoms with Crippen molar-refractivity contribution < 1.29 is 14.3 Å². The van der Waals surface area contributed by atoms with Gasteiger partial charge >= 0.3 is 0 Å². The molecule has 0 aliphatic rings. The van der Waals surface area contributed by atoms with Gasteiger partial charge in [-0.2, -0.15) is 5.26 Å². The smallest absolute Gasteiger partial charge is 0.241 e. The van der Waals surface area contributed by atoms with E-state index in [9.17, 15) is 4.79 Å². The van der Waals surface area contributed by atoms with Crippen molar-refractivity contribution in [1.82, 2.24) is 4.98 Å². The number of benzene rings is 1. The van der Waals surface area contributed by atoms with Gasteiger partial charge in [-0.1, -0.05) is 6.92 Å². The van der Waals surface area contributed by atoms with Gasteiger partial charge in [0, 0.05) is 12.1 Å². The van der Waals surface area contributed by atoms with E-state index in [1.54, 1.807) is 30.3 Å². The molecule has 0 aliphatic carbocycles. The van der Waals surface area contributed by atoms with Crippen LogP contribution in [0.2, 0.25) is 0 Å². The van der Waals surface area contributed by atoms with Gasteiger partial charge in [0.05, 0.1) is 29.6 Å². The van der Waals surface area contributed by atoms with Crippen molar-refractivity contribution in [2.24, 2.45) is 5.73 Å². The first-order chi connectivity index (χ1) is 12.4. The molecule has 2 rings (SSSR count). The lowest BCUT2D eigenvalue weighted by Gasteiger charge is -2.13. The molecule has 7 heteroatoms. The van der Waals surface area contributed by atoms with Crippen LogP contribution in [0.5, 0.6) is 17.4 Å². The number of nitrogens with two attached hydrogens (primary N) is 1. The Morgan fingerprint density at radius 3 is 2.69 bits per heavy atom. The predicted octanol–water partition coefficient (Wildman–Crippen LogP) is 3.21. The Morgan fingerprint density at radius 1 is 1.35 bits per heavy atom. The molecule has 1 aromatic heterocycles. The molecule has 7 nitrogen and oxygen atoms in total. The van der Waals surface area contributed by atoms with Crippen molar-refractivity contribution in [3.05, 3.63) is 42.1 Å². The summed E-state index contributed by atoms with van der Waals surface area (Å²) in [6, 6.07) is 9.80. The van der Waals surface area contributed by atoms with Gasteiger partial charge in [-0.15, -0.1) is 0 Å². The molecule has 1 amide bonds. The molecule has 0 saturated carbocycles. The first kappa shape index (κ1) is 19.2. The van der Waals surface area contributed by atoms with E-state index in [0.717, 1.165) is 0 Å². The second-order valence-corrected chi connectivity index (χ2v) is 5.93. The van der Waals surface area contributed by atoms with Crippen LogP contribution in [0.3, 0.4) is 0 Å². The maximum Gasteiger partial charge on any atom is 0.241 e. The molecular formula is C19H22N4O3. The minimum Gasteiger partial charge on any atom is -0.489 e. The van der Waals surface area contributed by atoms with Crippen LogP contribution in [-0.2, 0) is 4.79 Å². The van der Waals surface area contributed by atoms with Gasteiger partial charge in [0.2, 0.25) is 11.8 Å². The Labute approximate surface area is 152 Å². The number of hydrogen-bond acceptors (Lipinski definition) is 6. The number of nitriles is 1. The second kappa shape index (κ2) is 8.83. The number of anilines is 1. The third-order valence-electron chi connectivity index (χ3n) is 3.44. The fourth-order valence-corrected chi connectivity index (χ4v) is 2.07. The number of aromatic nitrogens is 1. The van der Waals surface area contributed by atoms with Crippen molar-refractivity contribution >= 4 is 11.6 Å². The molecule has 0 bridgehead atoms. The quantitative estimate of drug-likeness (QED) is 0.790. The molecule has 0 saturated heterocycles. The number of hydrogen-bond donors (Lipinski definition) is 2. The van der Waals surface area contributed by atoms with Gasteiger partial charge in [0.1, 0.15) is 17.6 Å². The second-order valence-electron chi connectivity index (χ2n) is 5.93. The SMILES string of the molecule is CC[C@@H](N)C(=O)Nc1ccc(Oc2ccc(C#N)c(OC(C)C)c2)nc1. The highest BCUT2D eigenvalue weighted by molar-refractivity contribution is 5.94. The van der Waals surface area contributed by atoms with Crippen LogP contribution < -0.4 is 20.5 Å². The minimum atomic E-state index is -0.552. The minimum absolute atomic E-state index is 0.0622. The summed E-state index contributed by atoms with van der Waals surface area (Å²) < 4.78 is 11.3. The number of carbonyl (C=O) groups excluding carboxylic acids is 1. The monoisotopic (exact) mass is 354 g/mol. The fourth-order valence-electron chi connectivity index (χ4n) is 2.07. The van der Waals surface area contributed by atoms with Crippen LogP contribution in [0, 0.1) is 11.3 Å². The van der Waals surface area contributed by atoms with Crippen molar-refractivity contribution in [2.45, 2.75) is 39.3 Å². The van der Waals surface area contributed by atoms with Crippen molar-refractivity contribution in [1.29, 1.82) is 5.26 Å². The number of nitrogens with one attached hydrogen (secondary N) is 1. The number of ether oxygens (including phenoxy) is 2. The molecule has 1 aromatic carbocycles. The first-order valence-electron chi connectivity index (χ1n) is 8.34. The van der Waals surface area contributed by atoms with E-state index >= 15 is 0 Å². The highest BCUT2D eigenvalue weighted by Crippen LogP contribution is 2.28. The number of amides is 1. The van der Waals surface area contributed by atoms with Gasteiger partial charge in [-0.3, -0.25) is 4.79 Å². The lowest BCUT2D eigenvalue weighted by Crippen LogP contribution is -2.34. The molecule has 0 fully saturated rings. The molecule has 0 radical (unpaired) electrons. The highest BCUT2D eigenvalue weighted by Gasteiger charge is 2.12. The Bertz CT molecular complexity index is 797. The van der Waals surface area contributed by atoms with E-state index in [1.165, 1.54) is 6.20 Å². The maximum atomic E-state index is 11.8. The zero-order chi connectivity index (χ0) is 19.1. The molecule has 1 heterocycles. The average Bonchev–Trinajstić information content (AvgIpc) is 2.62. The first-order valence-corrected chi connectivity index (χ1v) is 8.34. The average molecular weight is 354 g/mol. The van der Waals surface area contributed by atoms with E-state index in [0.29, 0.717) is 35.1 Å². The zero-order valence-corrected chi connectivity index (χ0v) is 15.0. The van der Waals surface area contributed by atoms with E-state index in [1.807, 2.05) is 20.8 Å². The Morgan fingerprint density at radius 2 is 2.12 bits per heavy atom. The van der Waals surface area contributed by atoms with Crippen LogP contribution in [-0.4, -0.2) is 23.0 Å². The van der Waals surface area contributed by atoms with Gasteiger partial charge in [0.15, 0.2) is 0 Å². The van der Waals surface area contributed by atoms with Crippen molar-refractivity contribution in [3.63, 3.8) is 0 Å². The standard InChI is InChI=1S/C19H22N4O3/c1-4-16(21)19(24)23-14-6-8-18(22-11-14)26-15-7-5-13(10-20)17(9-15)25-12(2)3/h5-9,11-12,16H,4,21H2,1-3H3,(H,23,24)/t16-/m1/s1. The van der Waals surface area contributed by atoms with Crippen molar-refractivity contribution in [3.8, 4) is 23.4 Å². The summed E-state index contributed by atoms with van der Waals surface area (Å²) >= 11 is 0. The number of nitrogens with zero attached hydrogens (tertiary/aromatic N) is 2. The summed E-state index contributed by atoms with van der Waals surface area (Å²) in [5.41, 5.74) is 6.65. The summed E-state index contributed by atoms with van der Waals surface area (Å²) in [7, 11) is 0. The molecule has 2 aromatic rings. The molecule has 136 valence electrons. The normalized spacial score (nSPS) is 11.5. The molecular weight excluding hydrogens is 332 g/mol. The summed E-state index contributed by atoms with van der Waals surface area (Å²) in [6.45, 7) is 5.61. The number of carbonyl (C=O) groups is 1. The summed E-state index contributed by atoms with van der Waals surface area (Å²) in [5, 5.41) is 11.8. The molecule has 3 N–H and O–H groups in total. The lowest BCUT2D eigenvalue weighted by molar-refractivity contribution is -0.117. The largest absolute Gasteiger partial charge is 0.489 e. The van der Waals surface area contributed by atoms with Gasteiger partial charge < -0.3 is 20.5 Å². The molecule has 0 spiro atoms. The van der Waals surface area contributed by atoms with Gasteiger partial charge in [-0.05, 0) is 38.5 Å². The highest BCUT2D eigenvalue weighted by atomic mass is 16.5. The number of pyridine rings is 1. The predicted molar refractivity (Wildman–Crippen MR) is 98.1 cm³/mol. The summed E-state index contributed by atoms with van der Waals surface area (Å²) in [5.74, 6) is 1.04. The Hall–Kier alpha value is -3.11. The maximum absolute atomic E-state index is 11.8. The summed E-state index contributed by atoms with van der Waals surface area (Å²) in [6.07, 6.45) is 1.98. The van der Waals surface area contributed by atoms with Crippen LogP contribution >= 0.6 is 0 Å². The molecule has 0 unspecified atom stereocenters. The van der Waals surface area contributed by atoms with Crippen molar-refractivity contribution in [2.75, 3.05) is 5.32 Å². The fraction of sp³-hybridized carbons (Fsp3) is 0.316. The van der Waals surface area contributed by atoms with E-state index in [2.05, 4.69) is 16.4 Å². The molecule has 0 aliphatic heterocycles. The number of rotatable bonds is 7. The Balaban J connectivity index is 2.09. The zero-order valence-electron chi connectivity index (χ0n) is 15.0. The van der Waals surface area contributed by atoms with Crippen LogP contribution in [0.1, 0.15) is 32.8 Å². The van der Waals surface area contributed by atoms with E-state index in [-0.39, 0.29) is 12.0 Å². The van der Waals surface area contributed by atoms with E-state index in [4.69, 9.17) is 20.5 Å². The van der Waals surface area contributed by atoms with Crippen LogP contribution in [0.15, 0.2) is 36.5 Å². The van der Waals surface area contributed by atoms with Crippen LogP contribution in [0.4, 0.5) is 5.69 Å². The van der Waals surface area contributed by atoms with Crippen LogP contribution in [0.25, 0.3) is 0 Å². The Kier molecular flexibility index (Phi) is 6.53. The van der Waals surface area contributed by atoms with Gasteiger partial charge in [0.25, 0.3) is 0 Å².